The van der Waals surface area contributed by atoms with Gasteiger partial charge in [0.05, 0.1) is 12.8 Å². The molecule has 0 bridgehead atoms. The van der Waals surface area contributed by atoms with Crippen LogP contribution in [0.25, 0.3) is 0 Å². The Hall–Kier alpha value is -3.06. The van der Waals surface area contributed by atoms with Crippen LogP contribution in [0.15, 0.2) is 42.5 Å². The minimum atomic E-state index is -1.08. The van der Waals surface area contributed by atoms with E-state index in [0.29, 0.717) is 6.42 Å². The standard InChI is InChI=1S/C15H17NO2.C4H6O4/c1-10-2-5-12(6-3-10)13(16)8-11-4-7-14(17)15(18)9-11;5-3(6)1-2-4(7)8/h2-7,9,13,17-18H,8,16H2,1H3;1-2H2,(H,5,6)(H,7,8). The van der Waals surface area contributed by atoms with Crippen molar-refractivity contribution < 1.29 is 30.0 Å². The predicted molar refractivity (Wildman–Crippen MR) is 96.1 cm³/mol. The van der Waals surface area contributed by atoms with Crippen LogP contribution >= 0.6 is 0 Å². The molecule has 7 nitrogen and oxygen atoms in total. The Bertz CT molecular complexity index is 728. The number of rotatable bonds is 6. The van der Waals surface area contributed by atoms with E-state index in [-0.39, 0.29) is 30.4 Å². The first-order valence-electron chi connectivity index (χ1n) is 7.95. The second-order valence-electron chi connectivity index (χ2n) is 5.83. The normalized spacial score (nSPS) is 11.2. The van der Waals surface area contributed by atoms with Gasteiger partial charge in [0.2, 0.25) is 0 Å². The Balaban J connectivity index is 0.000000359. The van der Waals surface area contributed by atoms with Crippen LogP contribution < -0.4 is 5.73 Å². The Kier molecular flexibility index (Phi) is 8.11. The number of phenolic OH excluding ortho intramolecular Hbond substituents is 2. The summed E-state index contributed by atoms with van der Waals surface area (Å²) in [6.07, 6.45) is 0.0293. The molecule has 7 heteroatoms. The van der Waals surface area contributed by atoms with Crippen LogP contribution in [0.2, 0.25) is 0 Å². The summed E-state index contributed by atoms with van der Waals surface area (Å²) in [6, 6.07) is 12.8. The van der Waals surface area contributed by atoms with Gasteiger partial charge in [-0.15, -0.1) is 0 Å². The van der Waals surface area contributed by atoms with E-state index in [2.05, 4.69) is 0 Å². The zero-order valence-electron chi connectivity index (χ0n) is 14.4. The van der Waals surface area contributed by atoms with Gasteiger partial charge in [-0.1, -0.05) is 35.9 Å². The molecule has 0 saturated heterocycles. The van der Waals surface area contributed by atoms with Crippen molar-refractivity contribution in [2.24, 2.45) is 5.73 Å². The highest BCUT2D eigenvalue weighted by molar-refractivity contribution is 5.75. The van der Waals surface area contributed by atoms with Crippen molar-refractivity contribution in [1.82, 2.24) is 0 Å². The van der Waals surface area contributed by atoms with Crippen molar-refractivity contribution in [3.63, 3.8) is 0 Å². The topological polar surface area (TPSA) is 141 Å². The molecule has 2 rings (SSSR count). The molecule has 0 amide bonds. The van der Waals surface area contributed by atoms with Crippen molar-refractivity contribution in [2.75, 3.05) is 0 Å². The third-order valence-corrected chi connectivity index (χ3v) is 3.55. The lowest BCUT2D eigenvalue weighted by Gasteiger charge is -2.13. The molecule has 0 aromatic heterocycles. The number of hydrogen-bond donors (Lipinski definition) is 5. The highest BCUT2D eigenvalue weighted by Gasteiger charge is 2.08. The van der Waals surface area contributed by atoms with Gasteiger partial charge in [0.25, 0.3) is 0 Å². The summed E-state index contributed by atoms with van der Waals surface area (Å²) in [5, 5.41) is 34.5. The van der Waals surface area contributed by atoms with Crippen LogP contribution in [0, 0.1) is 6.92 Å². The monoisotopic (exact) mass is 361 g/mol. The smallest absolute Gasteiger partial charge is 0.303 e. The van der Waals surface area contributed by atoms with Crippen LogP contribution in [0.5, 0.6) is 11.5 Å². The fourth-order valence-corrected chi connectivity index (χ4v) is 2.10. The number of hydrogen-bond acceptors (Lipinski definition) is 5. The van der Waals surface area contributed by atoms with Gasteiger partial charge in [-0.05, 0) is 36.6 Å². The first-order chi connectivity index (χ1) is 12.2. The van der Waals surface area contributed by atoms with E-state index < -0.39 is 11.9 Å². The van der Waals surface area contributed by atoms with E-state index in [1.807, 2.05) is 31.2 Å². The molecule has 2 aromatic rings. The minimum Gasteiger partial charge on any atom is -0.504 e. The van der Waals surface area contributed by atoms with Crippen molar-refractivity contribution >= 4 is 11.9 Å². The van der Waals surface area contributed by atoms with E-state index in [0.717, 1.165) is 11.1 Å². The van der Waals surface area contributed by atoms with Crippen molar-refractivity contribution in [3.8, 4) is 11.5 Å². The van der Waals surface area contributed by atoms with Crippen molar-refractivity contribution in [3.05, 3.63) is 59.2 Å². The lowest BCUT2D eigenvalue weighted by atomic mass is 9.99. The molecule has 0 aliphatic rings. The molecule has 0 fully saturated rings. The zero-order chi connectivity index (χ0) is 19.7. The summed E-state index contributed by atoms with van der Waals surface area (Å²) in [5.74, 6) is -2.37. The zero-order valence-corrected chi connectivity index (χ0v) is 14.4. The summed E-state index contributed by atoms with van der Waals surface area (Å²) in [6.45, 7) is 2.04. The van der Waals surface area contributed by atoms with E-state index >= 15 is 0 Å². The second kappa shape index (κ2) is 10.0. The fraction of sp³-hybridized carbons (Fsp3) is 0.263. The summed E-state index contributed by atoms with van der Waals surface area (Å²) in [7, 11) is 0. The number of benzene rings is 2. The molecule has 1 unspecified atom stereocenters. The number of aliphatic carboxylic acids is 2. The quantitative estimate of drug-likeness (QED) is 0.498. The SMILES string of the molecule is Cc1ccc(C(N)Cc2ccc(O)c(O)c2)cc1.O=C(O)CCC(=O)O. The number of carboxylic acid groups (broad SMARTS) is 2. The predicted octanol–water partition coefficient (Wildman–Crippen LogP) is 2.58. The van der Waals surface area contributed by atoms with E-state index in [1.54, 1.807) is 12.1 Å². The van der Waals surface area contributed by atoms with E-state index in [1.165, 1.54) is 11.6 Å². The van der Waals surface area contributed by atoms with E-state index in [9.17, 15) is 19.8 Å². The van der Waals surface area contributed by atoms with Gasteiger partial charge in [-0.2, -0.15) is 0 Å². The lowest BCUT2D eigenvalue weighted by molar-refractivity contribution is -0.143. The maximum Gasteiger partial charge on any atom is 0.303 e. The third kappa shape index (κ3) is 7.67. The van der Waals surface area contributed by atoms with Gasteiger partial charge in [0, 0.05) is 6.04 Å². The van der Waals surface area contributed by atoms with Crippen molar-refractivity contribution in [1.29, 1.82) is 0 Å². The molecule has 0 saturated carbocycles. The Morgan fingerprint density at radius 1 is 0.923 bits per heavy atom. The number of nitrogens with two attached hydrogens (primary N) is 1. The molecule has 0 aliphatic carbocycles. The van der Waals surface area contributed by atoms with Crippen LogP contribution in [-0.4, -0.2) is 32.4 Å². The van der Waals surface area contributed by atoms with Gasteiger partial charge >= 0.3 is 11.9 Å². The molecular weight excluding hydrogens is 338 g/mol. The van der Waals surface area contributed by atoms with Crippen LogP contribution in [0.4, 0.5) is 0 Å². The molecule has 140 valence electrons. The molecule has 6 N–H and O–H groups in total. The minimum absolute atomic E-state index is 0.108. The first kappa shape index (κ1) is 21.0. The summed E-state index contributed by atoms with van der Waals surface area (Å²) in [5.41, 5.74) is 9.29. The highest BCUT2D eigenvalue weighted by Crippen LogP contribution is 2.27. The molecule has 2 aromatic carbocycles. The van der Waals surface area contributed by atoms with Gasteiger partial charge in [-0.3, -0.25) is 9.59 Å². The first-order valence-corrected chi connectivity index (χ1v) is 7.95. The summed E-state index contributed by atoms with van der Waals surface area (Å²) >= 11 is 0. The largest absolute Gasteiger partial charge is 0.504 e. The Labute approximate surface area is 151 Å². The Morgan fingerprint density at radius 3 is 1.92 bits per heavy atom. The van der Waals surface area contributed by atoms with Crippen LogP contribution in [0.3, 0.4) is 0 Å². The number of aromatic hydroxyl groups is 2. The molecule has 0 heterocycles. The molecular formula is C19H23NO6. The number of phenols is 2. The average Bonchev–Trinajstić information content (AvgIpc) is 2.57. The van der Waals surface area contributed by atoms with E-state index in [4.69, 9.17) is 15.9 Å². The highest BCUT2D eigenvalue weighted by atomic mass is 16.4. The van der Waals surface area contributed by atoms with Crippen LogP contribution in [0.1, 0.15) is 35.6 Å². The van der Waals surface area contributed by atoms with Gasteiger partial charge < -0.3 is 26.2 Å². The van der Waals surface area contributed by atoms with Gasteiger partial charge in [0.15, 0.2) is 11.5 Å². The fourth-order valence-electron chi connectivity index (χ4n) is 2.10. The number of carbonyl (C=O) groups is 2. The molecule has 0 radical (unpaired) electrons. The second-order valence-corrected chi connectivity index (χ2v) is 5.83. The number of carboxylic acids is 2. The Morgan fingerprint density at radius 2 is 1.46 bits per heavy atom. The lowest BCUT2D eigenvalue weighted by Crippen LogP contribution is -2.13. The summed E-state index contributed by atoms with van der Waals surface area (Å²) < 4.78 is 0. The third-order valence-electron chi connectivity index (χ3n) is 3.55. The van der Waals surface area contributed by atoms with Gasteiger partial charge in [-0.25, -0.2) is 0 Å². The van der Waals surface area contributed by atoms with Crippen molar-refractivity contribution in [2.45, 2.75) is 32.2 Å². The summed E-state index contributed by atoms with van der Waals surface area (Å²) in [4.78, 5) is 19.3. The number of aryl methyl sites for hydroxylation is 1. The molecule has 0 aliphatic heterocycles. The van der Waals surface area contributed by atoms with Gasteiger partial charge in [0.1, 0.15) is 0 Å². The maximum absolute atomic E-state index is 9.64. The molecule has 0 spiro atoms. The average molecular weight is 361 g/mol. The molecule has 1 atom stereocenters. The molecule has 26 heavy (non-hydrogen) atoms. The van der Waals surface area contributed by atoms with Crippen LogP contribution in [-0.2, 0) is 16.0 Å². The maximum atomic E-state index is 9.64.